The van der Waals surface area contributed by atoms with Gasteiger partial charge in [-0.1, -0.05) is 0 Å². The lowest BCUT2D eigenvalue weighted by atomic mass is 9.84. The molecule has 4 aromatic rings. The van der Waals surface area contributed by atoms with Crippen molar-refractivity contribution in [1.29, 1.82) is 0 Å². The molecule has 18 heteroatoms. The van der Waals surface area contributed by atoms with Gasteiger partial charge in [0.2, 0.25) is 5.75 Å². The van der Waals surface area contributed by atoms with Crippen LogP contribution in [0.15, 0.2) is 37.1 Å². The van der Waals surface area contributed by atoms with Crippen molar-refractivity contribution in [2.75, 3.05) is 37.9 Å². The Morgan fingerprint density at radius 3 is 2.48 bits per heavy atom. The van der Waals surface area contributed by atoms with Crippen molar-refractivity contribution in [2.24, 2.45) is 5.73 Å². The normalized spacial score (nSPS) is 18.2. The van der Waals surface area contributed by atoms with Crippen LogP contribution in [-0.4, -0.2) is 75.0 Å². The molecule has 5 N–H and O–H groups in total. The Balaban J connectivity index is 1.57. The number of piperidine rings is 1. The fourth-order valence-electron chi connectivity index (χ4n) is 5.12. The number of phosphoric ester groups is 1. The molecule has 0 radical (unpaired) electrons. The molecule has 2 atom stereocenters. The second kappa shape index (κ2) is 12.2. The summed E-state index contributed by atoms with van der Waals surface area (Å²) in [4.78, 5) is 18.6. The molecule has 13 nitrogen and oxygen atoms in total. The van der Waals surface area contributed by atoms with Crippen molar-refractivity contribution in [3.05, 3.63) is 54.2 Å². The van der Waals surface area contributed by atoms with Crippen LogP contribution in [-0.2, 0) is 20.2 Å². The summed E-state index contributed by atoms with van der Waals surface area (Å²) in [7, 11) is -2.27. The smallest absolute Gasteiger partial charge is 0.398 e. The summed E-state index contributed by atoms with van der Waals surface area (Å²) in [5, 5.41) is 10.2. The number of aromatic nitrogens is 5. The second-order valence-electron chi connectivity index (χ2n) is 10.2. The third kappa shape index (κ3) is 6.05. The van der Waals surface area contributed by atoms with Gasteiger partial charge in [-0.05, 0) is 36.6 Å². The zero-order chi connectivity index (χ0) is 31.8. The summed E-state index contributed by atoms with van der Waals surface area (Å²) < 4.78 is 85.1. The number of phosphoric acid groups is 1. The molecule has 0 aliphatic carbocycles. The molecule has 5 rings (SSSR count). The Bertz CT molecular complexity index is 1700. The molecule has 1 aromatic carbocycles. The number of halogens is 4. The third-order valence-electron chi connectivity index (χ3n) is 7.40. The van der Waals surface area contributed by atoms with E-state index in [9.17, 15) is 18.5 Å². The number of rotatable bonds is 10. The van der Waals surface area contributed by atoms with E-state index in [1.54, 1.807) is 15.5 Å². The lowest BCUT2D eigenvalue weighted by Crippen LogP contribution is -2.63. The summed E-state index contributed by atoms with van der Waals surface area (Å²) >= 11 is 0. The molecule has 0 spiro atoms. The topological polar surface area (TPSA) is 177 Å². The molecule has 1 saturated heterocycles. The molecule has 236 valence electrons. The number of hydrogen-bond donors (Lipinski definition) is 3. The summed E-state index contributed by atoms with van der Waals surface area (Å²) in [5.74, 6) is -3.20. The number of nitrogen functional groups attached to an aromatic ring is 1. The second-order valence-corrected chi connectivity index (χ2v) is 12.0. The first kappa shape index (κ1) is 31.5. The number of benzene rings is 1. The van der Waals surface area contributed by atoms with E-state index in [-0.39, 0.29) is 36.6 Å². The number of imidazole rings is 1. The van der Waals surface area contributed by atoms with Crippen LogP contribution in [0.5, 0.6) is 5.75 Å². The Kier molecular flexibility index (Phi) is 8.77. The number of hydrogen-bond acceptors (Lipinski definition) is 12. The van der Waals surface area contributed by atoms with Crippen molar-refractivity contribution in [1.82, 2.24) is 24.5 Å². The van der Waals surface area contributed by atoms with E-state index in [1.165, 1.54) is 18.9 Å². The van der Waals surface area contributed by atoms with E-state index in [4.69, 9.17) is 16.0 Å². The predicted molar refractivity (Wildman–Crippen MR) is 151 cm³/mol. The Morgan fingerprint density at radius 2 is 1.82 bits per heavy atom. The third-order valence-corrected chi connectivity index (χ3v) is 8.70. The van der Waals surface area contributed by atoms with Crippen molar-refractivity contribution in [2.45, 2.75) is 37.5 Å². The van der Waals surface area contributed by atoms with Crippen LogP contribution in [0.1, 0.15) is 18.4 Å². The van der Waals surface area contributed by atoms with E-state index in [0.29, 0.717) is 35.4 Å². The fourth-order valence-corrected chi connectivity index (χ4v) is 5.82. The molecule has 0 amide bonds. The standard InChI is InChI=1S/C26H29F4N8O5P/c1-41-44(40,42-2)43-21-16(27)6-14(7-17(21)28)18-8-15(10-38-13-36-20-24(31)34-12-35-25(20)38)19(9-33-18)37-5-3-4-26(32,11-37)22(39)23(29)30/h6-9,12-13,22-23,39H,3-5,10-11,32H2,1-2H3,(H2,31,34,35)/t22-,26+/m1/s1. The van der Waals surface area contributed by atoms with Gasteiger partial charge in [-0.25, -0.2) is 37.1 Å². The number of nitrogens with zero attached hydrogens (tertiary/aromatic N) is 6. The van der Waals surface area contributed by atoms with Crippen LogP contribution >= 0.6 is 7.82 Å². The zero-order valence-corrected chi connectivity index (χ0v) is 24.4. The van der Waals surface area contributed by atoms with Crippen molar-refractivity contribution in [3.63, 3.8) is 0 Å². The first-order chi connectivity index (χ1) is 20.9. The van der Waals surface area contributed by atoms with E-state index in [0.717, 1.165) is 26.4 Å². The first-order valence-corrected chi connectivity index (χ1v) is 14.6. The van der Waals surface area contributed by atoms with Gasteiger partial charge in [0, 0.05) is 32.9 Å². The van der Waals surface area contributed by atoms with Crippen molar-refractivity contribution < 1.29 is 40.8 Å². The molecule has 3 aromatic heterocycles. The minimum Gasteiger partial charge on any atom is -0.398 e. The van der Waals surface area contributed by atoms with Gasteiger partial charge in [-0.3, -0.25) is 14.0 Å². The molecule has 44 heavy (non-hydrogen) atoms. The molecular weight excluding hydrogens is 611 g/mol. The number of aliphatic hydroxyl groups excluding tert-OH is 1. The Hall–Kier alpha value is -3.89. The van der Waals surface area contributed by atoms with Gasteiger partial charge < -0.3 is 30.6 Å². The minimum atomic E-state index is -4.26. The van der Waals surface area contributed by atoms with E-state index in [1.807, 2.05) is 0 Å². The highest BCUT2D eigenvalue weighted by atomic mass is 31.2. The van der Waals surface area contributed by atoms with Crippen LogP contribution in [0.3, 0.4) is 0 Å². The average Bonchev–Trinajstić information content (AvgIpc) is 3.42. The highest BCUT2D eigenvalue weighted by Crippen LogP contribution is 2.49. The van der Waals surface area contributed by atoms with Gasteiger partial charge in [0.1, 0.15) is 17.9 Å². The maximum atomic E-state index is 15.0. The van der Waals surface area contributed by atoms with Gasteiger partial charge in [-0.2, -0.15) is 0 Å². The molecule has 0 bridgehead atoms. The van der Waals surface area contributed by atoms with E-state index >= 15 is 8.78 Å². The van der Waals surface area contributed by atoms with Gasteiger partial charge in [0.15, 0.2) is 23.1 Å². The maximum Gasteiger partial charge on any atom is 0.529 e. The van der Waals surface area contributed by atoms with Gasteiger partial charge in [-0.15, -0.1) is 0 Å². The number of fused-ring (bicyclic) bond motifs is 1. The summed E-state index contributed by atoms with van der Waals surface area (Å²) in [5.41, 5.74) is 12.5. The SMILES string of the molecule is COP(=O)(OC)Oc1c(F)cc(-c2cc(Cn3cnc4c(N)ncnc43)c(N3CCC[C@@](N)([C@H](O)C(F)F)C3)cn2)cc1F. The summed E-state index contributed by atoms with van der Waals surface area (Å²) in [6.45, 7) is 0.401. The molecule has 1 fully saturated rings. The van der Waals surface area contributed by atoms with Crippen LogP contribution in [0, 0.1) is 11.6 Å². The largest absolute Gasteiger partial charge is 0.529 e. The van der Waals surface area contributed by atoms with Gasteiger partial charge in [0.05, 0.1) is 36.0 Å². The van der Waals surface area contributed by atoms with Crippen LogP contribution < -0.4 is 20.9 Å². The lowest BCUT2D eigenvalue weighted by Gasteiger charge is -2.44. The highest BCUT2D eigenvalue weighted by molar-refractivity contribution is 7.48. The number of nitrogens with two attached hydrogens (primary N) is 2. The van der Waals surface area contributed by atoms with Crippen LogP contribution in [0.4, 0.5) is 29.1 Å². The van der Waals surface area contributed by atoms with Crippen molar-refractivity contribution >= 4 is 30.5 Å². The molecular formula is C26H29F4N8O5P. The zero-order valence-electron chi connectivity index (χ0n) is 23.5. The molecule has 0 saturated carbocycles. The quantitative estimate of drug-likeness (QED) is 0.170. The fraction of sp³-hybridized carbons (Fsp3) is 0.385. The van der Waals surface area contributed by atoms with E-state index < -0.39 is 43.3 Å². The number of alkyl halides is 2. The van der Waals surface area contributed by atoms with Crippen molar-refractivity contribution in [3.8, 4) is 17.0 Å². The number of anilines is 2. The van der Waals surface area contributed by atoms with Gasteiger partial charge in [0.25, 0.3) is 6.43 Å². The first-order valence-electron chi connectivity index (χ1n) is 13.2. The summed E-state index contributed by atoms with van der Waals surface area (Å²) in [6.07, 6.45) is -0.336. The predicted octanol–water partition coefficient (Wildman–Crippen LogP) is 3.50. The van der Waals surface area contributed by atoms with E-state index in [2.05, 4.69) is 29.0 Å². The Labute approximate surface area is 248 Å². The lowest BCUT2D eigenvalue weighted by molar-refractivity contribution is -0.0529. The molecule has 1 aliphatic rings. The monoisotopic (exact) mass is 640 g/mol. The van der Waals surface area contributed by atoms with Gasteiger partial charge >= 0.3 is 7.82 Å². The molecule has 4 heterocycles. The highest BCUT2D eigenvalue weighted by Gasteiger charge is 2.43. The maximum absolute atomic E-state index is 15.0. The van der Waals surface area contributed by atoms with Crippen LogP contribution in [0.25, 0.3) is 22.4 Å². The Morgan fingerprint density at radius 1 is 1.11 bits per heavy atom. The molecule has 0 unspecified atom stereocenters. The number of aliphatic hydroxyl groups is 1. The van der Waals surface area contributed by atoms with Crippen LogP contribution in [0.2, 0.25) is 0 Å². The summed E-state index contributed by atoms with van der Waals surface area (Å²) in [6, 6.07) is 3.43. The number of pyridine rings is 1. The minimum absolute atomic E-state index is 0.00631. The molecule has 1 aliphatic heterocycles. The average molecular weight is 641 g/mol.